The predicted molar refractivity (Wildman–Crippen MR) is 101 cm³/mol. The summed E-state index contributed by atoms with van der Waals surface area (Å²) in [6, 6.07) is 0.426. The van der Waals surface area contributed by atoms with E-state index in [4.69, 9.17) is 14.5 Å². The average Bonchev–Trinajstić information content (AvgIpc) is 3.10. The van der Waals surface area contributed by atoms with Crippen molar-refractivity contribution < 1.29 is 9.47 Å². The normalized spacial score (nSPS) is 25.3. The molecule has 1 atom stereocenters. The van der Waals surface area contributed by atoms with E-state index in [-0.39, 0.29) is 0 Å². The quantitative estimate of drug-likeness (QED) is 0.817. The molecule has 0 amide bonds. The Morgan fingerprint density at radius 1 is 0.808 bits per heavy atom. The molecule has 0 aliphatic carbocycles. The van der Waals surface area contributed by atoms with Crippen LogP contribution in [0.5, 0.6) is 6.01 Å². The summed E-state index contributed by atoms with van der Waals surface area (Å²) in [5, 5.41) is 0. The second-order valence-corrected chi connectivity index (χ2v) is 7.70. The van der Waals surface area contributed by atoms with Crippen LogP contribution in [0.15, 0.2) is 0 Å². The maximum absolute atomic E-state index is 5.89. The van der Waals surface area contributed by atoms with Gasteiger partial charge in [-0.1, -0.05) is 12.8 Å². The lowest BCUT2D eigenvalue weighted by molar-refractivity contribution is 0.0530. The summed E-state index contributed by atoms with van der Waals surface area (Å²) < 4.78 is 11.3. The number of rotatable bonds is 4. The Kier molecular flexibility index (Phi) is 5.72. The van der Waals surface area contributed by atoms with E-state index in [1.54, 1.807) is 7.11 Å². The zero-order valence-electron chi connectivity index (χ0n) is 15.9. The summed E-state index contributed by atoms with van der Waals surface area (Å²) in [7, 11) is 1.63. The number of aromatic nitrogens is 3. The molecule has 0 spiro atoms. The summed E-state index contributed by atoms with van der Waals surface area (Å²) in [5.74, 6) is 2.22. The van der Waals surface area contributed by atoms with Gasteiger partial charge in [-0.3, -0.25) is 0 Å². The van der Waals surface area contributed by atoms with Crippen molar-refractivity contribution in [2.75, 3.05) is 49.7 Å². The largest absolute Gasteiger partial charge is 0.467 e. The summed E-state index contributed by atoms with van der Waals surface area (Å²) in [4.78, 5) is 18.5. The highest BCUT2D eigenvalue weighted by molar-refractivity contribution is 5.41. The number of methoxy groups -OCH3 is 1. The molecule has 3 saturated heterocycles. The molecule has 7 nitrogen and oxygen atoms in total. The third-order valence-corrected chi connectivity index (χ3v) is 5.98. The van der Waals surface area contributed by atoms with Crippen molar-refractivity contribution in [3.63, 3.8) is 0 Å². The van der Waals surface area contributed by atoms with Crippen LogP contribution in [0.25, 0.3) is 0 Å². The van der Waals surface area contributed by atoms with Crippen LogP contribution in [0, 0.1) is 5.92 Å². The van der Waals surface area contributed by atoms with Crippen LogP contribution in [0.2, 0.25) is 0 Å². The Morgan fingerprint density at radius 2 is 1.46 bits per heavy atom. The van der Waals surface area contributed by atoms with E-state index >= 15 is 0 Å². The van der Waals surface area contributed by atoms with Gasteiger partial charge in [0.2, 0.25) is 11.9 Å². The van der Waals surface area contributed by atoms with Crippen molar-refractivity contribution in [1.82, 2.24) is 15.0 Å². The fraction of sp³-hybridized carbons (Fsp3) is 0.842. The first-order chi connectivity index (χ1) is 12.8. The fourth-order valence-corrected chi connectivity index (χ4v) is 4.43. The molecule has 1 unspecified atom stereocenters. The van der Waals surface area contributed by atoms with Gasteiger partial charge in [-0.15, -0.1) is 0 Å². The van der Waals surface area contributed by atoms with Crippen molar-refractivity contribution in [2.45, 2.75) is 57.5 Å². The molecular formula is C19H31N5O2. The molecule has 1 aromatic rings. The monoisotopic (exact) mass is 361 g/mol. The summed E-state index contributed by atoms with van der Waals surface area (Å²) >= 11 is 0. The molecule has 0 bridgehead atoms. The Morgan fingerprint density at radius 3 is 2.04 bits per heavy atom. The van der Waals surface area contributed by atoms with Gasteiger partial charge in [-0.05, 0) is 44.4 Å². The van der Waals surface area contributed by atoms with Crippen molar-refractivity contribution in [3.8, 4) is 6.01 Å². The maximum atomic E-state index is 5.89. The maximum Gasteiger partial charge on any atom is 0.322 e. The lowest BCUT2D eigenvalue weighted by Gasteiger charge is -2.34. The van der Waals surface area contributed by atoms with Gasteiger partial charge < -0.3 is 19.3 Å². The SMILES string of the molecule is COc1nc(N2CCCCCC2)nc(N2CCC(C3CCCO3)CC2)n1. The van der Waals surface area contributed by atoms with E-state index in [2.05, 4.69) is 19.8 Å². The first-order valence-electron chi connectivity index (χ1n) is 10.2. The minimum absolute atomic E-state index is 0.426. The lowest BCUT2D eigenvalue weighted by atomic mass is 9.90. The van der Waals surface area contributed by atoms with Gasteiger partial charge in [-0.2, -0.15) is 15.0 Å². The second-order valence-electron chi connectivity index (χ2n) is 7.70. The molecule has 0 saturated carbocycles. The summed E-state index contributed by atoms with van der Waals surface area (Å²) in [6.07, 6.45) is 10.2. The molecule has 7 heteroatoms. The molecule has 0 radical (unpaired) electrons. The van der Waals surface area contributed by atoms with Gasteiger partial charge in [0, 0.05) is 32.8 Å². The van der Waals surface area contributed by atoms with Gasteiger partial charge in [0.25, 0.3) is 0 Å². The van der Waals surface area contributed by atoms with E-state index in [1.807, 2.05) is 0 Å². The standard InChI is InChI=1S/C19H31N5O2/c1-25-19-21-17(23-10-4-2-3-5-11-23)20-18(22-19)24-12-8-15(9-13-24)16-7-6-14-26-16/h15-16H,2-14H2,1H3. The molecule has 1 aromatic heterocycles. The molecule has 0 N–H and O–H groups in total. The van der Waals surface area contributed by atoms with Gasteiger partial charge in [0.15, 0.2) is 0 Å². The van der Waals surface area contributed by atoms with Crippen LogP contribution in [-0.4, -0.2) is 61.0 Å². The zero-order chi connectivity index (χ0) is 17.8. The number of ether oxygens (including phenoxy) is 2. The van der Waals surface area contributed by atoms with Crippen molar-refractivity contribution in [3.05, 3.63) is 0 Å². The Bertz CT molecular complexity index is 577. The minimum Gasteiger partial charge on any atom is -0.467 e. The Balaban J connectivity index is 1.46. The zero-order valence-corrected chi connectivity index (χ0v) is 15.9. The molecule has 3 fully saturated rings. The highest BCUT2D eigenvalue weighted by atomic mass is 16.5. The van der Waals surface area contributed by atoms with Gasteiger partial charge >= 0.3 is 6.01 Å². The van der Waals surface area contributed by atoms with Crippen LogP contribution in [-0.2, 0) is 4.74 Å². The summed E-state index contributed by atoms with van der Waals surface area (Å²) in [5.41, 5.74) is 0. The van der Waals surface area contributed by atoms with Gasteiger partial charge in [0.05, 0.1) is 13.2 Å². The number of piperidine rings is 1. The molecule has 3 aliphatic rings. The molecule has 3 aliphatic heterocycles. The van der Waals surface area contributed by atoms with Crippen LogP contribution in [0.3, 0.4) is 0 Å². The van der Waals surface area contributed by atoms with Crippen molar-refractivity contribution in [2.24, 2.45) is 5.92 Å². The van der Waals surface area contributed by atoms with Gasteiger partial charge in [0.1, 0.15) is 0 Å². The third kappa shape index (κ3) is 4.03. The predicted octanol–water partition coefficient (Wildman–Crippen LogP) is 2.66. The van der Waals surface area contributed by atoms with Crippen LogP contribution >= 0.6 is 0 Å². The molecule has 26 heavy (non-hydrogen) atoms. The second kappa shape index (κ2) is 8.37. The molecule has 0 aromatic carbocycles. The average molecular weight is 361 g/mol. The van der Waals surface area contributed by atoms with E-state index in [1.165, 1.54) is 38.5 Å². The van der Waals surface area contributed by atoms with Crippen LogP contribution in [0.4, 0.5) is 11.9 Å². The molecular weight excluding hydrogens is 330 g/mol. The van der Waals surface area contributed by atoms with E-state index in [0.29, 0.717) is 18.0 Å². The van der Waals surface area contributed by atoms with Gasteiger partial charge in [-0.25, -0.2) is 0 Å². The third-order valence-electron chi connectivity index (χ3n) is 5.98. The Hall–Kier alpha value is -1.63. The van der Waals surface area contributed by atoms with Crippen molar-refractivity contribution >= 4 is 11.9 Å². The summed E-state index contributed by atoms with van der Waals surface area (Å²) in [6.45, 7) is 4.95. The first kappa shape index (κ1) is 17.8. The number of nitrogens with zero attached hydrogens (tertiary/aromatic N) is 5. The van der Waals surface area contributed by atoms with Crippen molar-refractivity contribution in [1.29, 1.82) is 0 Å². The number of hydrogen-bond donors (Lipinski definition) is 0. The smallest absolute Gasteiger partial charge is 0.322 e. The van der Waals surface area contributed by atoms with E-state index in [9.17, 15) is 0 Å². The molecule has 4 heterocycles. The topological polar surface area (TPSA) is 63.6 Å². The lowest BCUT2D eigenvalue weighted by Crippen LogP contribution is -2.39. The molecule has 144 valence electrons. The van der Waals surface area contributed by atoms with E-state index < -0.39 is 0 Å². The highest BCUT2D eigenvalue weighted by Gasteiger charge is 2.30. The Labute approximate surface area is 156 Å². The minimum atomic E-state index is 0.426. The number of anilines is 2. The number of hydrogen-bond acceptors (Lipinski definition) is 7. The van der Waals surface area contributed by atoms with E-state index in [0.717, 1.165) is 57.5 Å². The first-order valence-corrected chi connectivity index (χ1v) is 10.2. The molecule has 4 rings (SSSR count). The van der Waals surface area contributed by atoms with Crippen LogP contribution in [0.1, 0.15) is 51.4 Å². The van der Waals surface area contributed by atoms with Crippen LogP contribution < -0.4 is 14.5 Å². The fourth-order valence-electron chi connectivity index (χ4n) is 4.43. The highest BCUT2D eigenvalue weighted by Crippen LogP contribution is 2.30.